The van der Waals surface area contributed by atoms with Gasteiger partial charge in [0, 0.05) is 6.42 Å². The molecule has 4 nitrogen and oxygen atoms in total. The third kappa shape index (κ3) is 1.99. The molecule has 4 heteroatoms. The first kappa shape index (κ1) is 8.64. The van der Waals surface area contributed by atoms with Crippen molar-refractivity contribution in [1.82, 2.24) is 0 Å². The maximum atomic E-state index is 9.23. The Balaban J connectivity index is 2.42. The minimum absolute atomic E-state index is 0.142. The summed E-state index contributed by atoms with van der Waals surface area (Å²) in [5.41, 5.74) is 0. The lowest BCUT2D eigenvalue weighted by Crippen LogP contribution is -2.24. The molecule has 0 aromatic carbocycles. The second-order valence-electron chi connectivity index (χ2n) is 2.52. The van der Waals surface area contributed by atoms with Gasteiger partial charge in [0.15, 0.2) is 6.23 Å². The molecule has 0 aromatic rings. The quantitative estimate of drug-likeness (QED) is 0.536. The van der Waals surface area contributed by atoms with Crippen molar-refractivity contribution in [3.8, 4) is 0 Å². The molecule has 0 amide bonds. The van der Waals surface area contributed by atoms with Crippen LogP contribution in [0.1, 0.15) is 13.3 Å². The average Bonchev–Trinajstić information content (AvgIpc) is 2.32. The first-order valence-corrected chi connectivity index (χ1v) is 3.70. The van der Waals surface area contributed by atoms with Crippen LogP contribution < -0.4 is 0 Å². The summed E-state index contributed by atoms with van der Waals surface area (Å²) >= 11 is 0. The number of nitrogens with zero attached hydrogens (tertiary/aromatic N) is 1. The number of aliphatic hydroxyl groups is 2. The molecule has 1 fully saturated rings. The predicted octanol–water partition coefficient (Wildman–Crippen LogP) is -0.455. The van der Waals surface area contributed by atoms with Crippen LogP contribution in [-0.4, -0.2) is 41.5 Å². The van der Waals surface area contributed by atoms with E-state index in [1.165, 1.54) is 0 Å². The van der Waals surface area contributed by atoms with Crippen LogP contribution in [0.5, 0.6) is 0 Å². The molecule has 0 spiro atoms. The minimum atomic E-state index is -0.575. The fourth-order valence-electron chi connectivity index (χ4n) is 1.13. The summed E-state index contributed by atoms with van der Waals surface area (Å²) in [6.07, 6.45) is 0.816. The highest BCUT2D eigenvalue weighted by molar-refractivity contribution is 5.53. The van der Waals surface area contributed by atoms with E-state index in [1.54, 1.807) is 13.1 Å². The number of rotatable bonds is 2. The second-order valence-corrected chi connectivity index (χ2v) is 2.52. The van der Waals surface area contributed by atoms with Crippen LogP contribution in [0.2, 0.25) is 0 Å². The van der Waals surface area contributed by atoms with Crippen molar-refractivity contribution in [3.63, 3.8) is 0 Å². The van der Waals surface area contributed by atoms with Gasteiger partial charge < -0.3 is 14.9 Å². The molecule has 3 atom stereocenters. The molecule has 2 N–H and O–H groups in total. The first-order valence-electron chi connectivity index (χ1n) is 3.70. The molecule has 1 saturated heterocycles. The standard InChI is InChI=1S/C7H13NO3/c1-2-8-7-3-5(10)6(4-9)11-7/h2,5-7,9-10H,3-4H2,1H3/b8-2+/t5-,6-,7-/m0/s1. The largest absolute Gasteiger partial charge is 0.394 e. The lowest BCUT2D eigenvalue weighted by Gasteiger charge is -2.08. The Morgan fingerprint density at radius 2 is 2.45 bits per heavy atom. The zero-order valence-corrected chi connectivity index (χ0v) is 6.47. The van der Waals surface area contributed by atoms with Gasteiger partial charge in [-0.3, -0.25) is 4.99 Å². The molecule has 11 heavy (non-hydrogen) atoms. The molecule has 0 aromatic heterocycles. The molecule has 0 bridgehead atoms. The van der Waals surface area contributed by atoms with E-state index in [1.807, 2.05) is 0 Å². The van der Waals surface area contributed by atoms with Gasteiger partial charge in [-0.25, -0.2) is 0 Å². The summed E-state index contributed by atoms with van der Waals surface area (Å²) in [6.45, 7) is 1.65. The summed E-state index contributed by atoms with van der Waals surface area (Å²) in [6, 6.07) is 0. The lowest BCUT2D eigenvalue weighted by atomic mass is 10.2. The van der Waals surface area contributed by atoms with Crippen LogP contribution in [0.4, 0.5) is 0 Å². The zero-order valence-electron chi connectivity index (χ0n) is 6.47. The Hall–Kier alpha value is -0.450. The third-order valence-corrected chi connectivity index (χ3v) is 1.70. The van der Waals surface area contributed by atoms with Crippen molar-refractivity contribution in [3.05, 3.63) is 0 Å². The summed E-state index contributed by atoms with van der Waals surface area (Å²) in [5, 5.41) is 17.9. The van der Waals surface area contributed by atoms with Gasteiger partial charge in [0.25, 0.3) is 0 Å². The molecule has 0 unspecified atom stereocenters. The third-order valence-electron chi connectivity index (χ3n) is 1.70. The molecule has 0 radical (unpaired) electrons. The van der Waals surface area contributed by atoms with Crippen molar-refractivity contribution in [1.29, 1.82) is 0 Å². The van der Waals surface area contributed by atoms with Gasteiger partial charge in [0.05, 0.1) is 12.7 Å². The van der Waals surface area contributed by atoms with Gasteiger partial charge in [-0.2, -0.15) is 0 Å². The Morgan fingerprint density at radius 1 is 1.73 bits per heavy atom. The number of hydrogen-bond donors (Lipinski definition) is 2. The molecular weight excluding hydrogens is 146 g/mol. The predicted molar refractivity (Wildman–Crippen MR) is 40.5 cm³/mol. The van der Waals surface area contributed by atoms with Crippen molar-refractivity contribution in [2.24, 2.45) is 4.99 Å². The minimum Gasteiger partial charge on any atom is -0.394 e. The van der Waals surface area contributed by atoms with Crippen LogP contribution in [0.3, 0.4) is 0 Å². The van der Waals surface area contributed by atoms with E-state index in [-0.39, 0.29) is 12.8 Å². The van der Waals surface area contributed by atoms with Crippen LogP contribution >= 0.6 is 0 Å². The van der Waals surface area contributed by atoms with E-state index in [0.717, 1.165) is 0 Å². The molecule has 1 aliphatic rings. The highest BCUT2D eigenvalue weighted by Crippen LogP contribution is 2.20. The molecule has 1 heterocycles. The molecule has 0 aliphatic carbocycles. The highest BCUT2D eigenvalue weighted by Gasteiger charge is 2.32. The summed E-state index contributed by atoms with van der Waals surface area (Å²) in [7, 11) is 0. The van der Waals surface area contributed by atoms with Crippen LogP contribution in [0.15, 0.2) is 4.99 Å². The Morgan fingerprint density at radius 3 is 2.91 bits per heavy atom. The fraction of sp³-hybridized carbons (Fsp3) is 0.857. The van der Waals surface area contributed by atoms with E-state index >= 15 is 0 Å². The van der Waals surface area contributed by atoms with Crippen LogP contribution in [-0.2, 0) is 4.74 Å². The molecule has 0 saturated carbocycles. The van der Waals surface area contributed by atoms with Crippen molar-refractivity contribution >= 4 is 6.21 Å². The van der Waals surface area contributed by atoms with Crippen molar-refractivity contribution < 1.29 is 14.9 Å². The molecule has 64 valence electrons. The number of ether oxygens (including phenoxy) is 1. The van der Waals surface area contributed by atoms with E-state index in [0.29, 0.717) is 6.42 Å². The van der Waals surface area contributed by atoms with Gasteiger partial charge >= 0.3 is 0 Å². The Labute approximate surface area is 65.5 Å². The molecule has 1 aliphatic heterocycles. The number of aliphatic imine (C=N–C) groups is 1. The van der Waals surface area contributed by atoms with Gasteiger partial charge in [-0.15, -0.1) is 0 Å². The highest BCUT2D eigenvalue weighted by atomic mass is 16.5. The zero-order chi connectivity index (χ0) is 8.27. The second kappa shape index (κ2) is 3.80. The SMILES string of the molecule is C/C=N/[C@@H]1C[C@H](O)[C@H](CO)O1. The van der Waals surface area contributed by atoms with Crippen LogP contribution in [0.25, 0.3) is 0 Å². The van der Waals surface area contributed by atoms with E-state index in [2.05, 4.69) is 4.99 Å². The van der Waals surface area contributed by atoms with Gasteiger partial charge in [-0.1, -0.05) is 0 Å². The summed E-state index contributed by atoms with van der Waals surface area (Å²) in [5.74, 6) is 0. The topological polar surface area (TPSA) is 62.1 Å². The smallest absolute Gasteiger partial charge is 0.151 e. The fourth-order valence-corrected chi connectivity index (χ4v) is 1.13. The van der Waals surface area contributed by atoms with E-state index in [4.69, 9.17) is 9.84 Å². The molecular formula is C7H13NO3. The van der Waals surface area contributed by atoms with E-state index in [9.17, 15) is 5.11 Å². The van der Waals surface area contributed by atoms with Gasteiger partial charge in [0.1, 0.15) is 6.10 Å². The summed E-state index contributed by atoms with van der Waals surface area (Å²) in [4.78, 5) is 3.95. The normalized spacial score (nSPS) is 38.6. The van der Waals surface area contributed by atoms with Gasteiger partial charge in [0.2, 0.25) is 0 Å². The first-order chi connectivity index (χ1) is 5.27. The van der Waals surface area contributed by atoms with Crippen molar-refractivity contribution in [2.45, 2.75) is 31.8 Å². The maximum absolute atomic E-state index is 9.23. The number of hydrogen-bond acceptors (Lipinski definition) is 4. The Kier molecular flexibility index (Phi) is 2.99. The molecule has 1 rings (SSSR count). The van der Waals surface area contributed by atoms with Crippen LogP contribution in [0, 0.1) is 0 Å². The Bertz CT molecular complexity index is 149. The lowest BCUT2D eigenvalue weighted by molar-refractivity contribution is -0.0192. The summed E-state index contributed by atoms with van der Waals surface area (Å²) < 4.78 is 5.17. The average molecular weight is 159 g/mol. The van der Waals surface area contributed by atoms with Crippen molar-refractivity contribution in [2.75, 3.05) is 6.61 Å². The van der Waals surface area contributed by atoms with E-state index < -0.39 is 12.2 Å². The maximum Gasteiger partial charge on any atom is 0.151 e. The monoisotopic (exact) mass is 159 g/mol. The van der Waals surface area contributed by atoms with Gasteiger partial charge in [-0.05, 0) is 13.1 Å². The number of aliphatic hydroxyl groups excluding tert-OH is 2.